The zero-order valence-electron chi connectivity index (χ0n) is 17.1. The number of ether oxygens (including phenoxy) is 2. The highest BCUT2D eigenvalue weighted by molar-refractivity contribution is 8.18. The molecular formula is C24H20ClNO4S. The van der Waals surface area contributed by atoms with Gasteiger partial charge in [-0.3, -0.25) is 14.5 Å². The Bertz CT molecular complexity index is 1200. The lowest BCUT2D eigenvalue weighted by atomic mass is 10.0. The molecule has 0 unspecified atom stereocenters. The highest BCUT2D eigenvalue weighted by atomic mass is 35.5. The predicted molar refractivity (Wildman–Crippen MR) is 125 cm³/mol. The molecule has 1 aliphatic heterocycles. The Labute approximate surface area is 189 Å². The number of methoxy groups -OCH3 is 1. The minimum atomic E-state index is -0.327. The van der Waals surface area contributed by atoms with E-state index in [9.17, 15) is 9.59 Å². The van der Waals surface area contributed by atoms with Gasteiger partial charge >= 0.3 is 0 Å². The molecule has 0 spiro atoms. The zero-order valence-corrected chi connectivity index (χ0v) is 18.6. The van der Waals surface area contributed by atoms with E-state index in [4.69, 9.17) is 21.1 Å². The summed E-state index contributed by atoms with van der Waals surface area (Å²) < 4.78 is 10.9. The van der Waals surface area contributed by atoms with Crippen LogP contribution in [-0.2, 0) is 11.3 Å². The molecule has 0 atom stereocenters. The first-order valence-corrected chi connectivity index (χ1v) is 10.9. The van der Waals surface area contributed by atoms with Crippen LogP contribution in [0.25, 0.3) is 16.8 Å². The van der Waals surface area contributed by atoms with E-state index in [0.717, 1.165) is 28.1 Å². The average Bonchev–Trinajstić information content (AvgIpc) is 3.03. The number of fused-ring (bicyclic) bond motifs is 1. The number of imide groups is 1. The molecule has 7 heteroatoms. The molecule has 0 aromatic heterocycles. The number of thioether (sulfide) groups is 1. The maximum Gasteiger partial charge on any atom is 0.293 e. The third-order valence-corrected chi connectivity index (χ3v) is 6.11. The van der Waals surface area contributed by atoms with E-state index in [1.807, 2.05) is 49.4 Å². The van der Waals surface area contributed by atoms with Crippen LogP contribution in [0, 0.1) is 0 Å². The van der Waals surface area contributed by atoms with Crippen molar-refractivity contribution >= 4 is 51.4 Å². The van der Waals surface area contributed by atoms with E-state index < -0.39 is 0 Å². The molecule has 1 fully saturated rings. The molecule has 1 saturated heterocycles. The standard InChI is InChI=1S/C24H20ClNO4S/c1-3-30-22-19(25)11-15(12-20(22)29-2)13-21-23(27)26(24(28)31-21)14-17-9-6-8-16-7-4-5-10-18(16)17/h4-13H,3,14H2,1-2H3/b21-13+. The van der Waals surface area contributed by atoms with Gasteiger partial charge in [0.05, 0.1) is 30.2 Å². The molecule has 0 saturated carbocycles. The van der Waals surface area contributed by atoms with Crippen molar-refractivity contribution in [3.8, 4) is 11.5 Å². The lowest BCUT2D eigenvalue weighted by molar-refractivity contribution is -0.123. The summed E-state index contributed by atoms with van der Waals surface area (Å²) in [6.45, 7) is 2.52. The maximum absolute atomic E-state index is 13.0. The third kappa shape index (κ3) is 4.27. The van der Waals surface area contributed by atoms with Gasteiger partial charge < -0.3 is 9.47 Å². The Kier molecular flexibility index (Phi) is 6.20. The lowest BCUT2D eigenvalue weighted by Gasteiger charge is -2.14. The number of halogens is 1. The molecule has 0 radical (unpaired) electrons. The van der Waals surface area contributed by atoms with Crippen LogP contribution in [-0.4, -0.2) is 29.8 Å². The van der Waals surface area contributed by atoms with Crippen LogP contribution in [0.15, 0.2) is 59.5 Å². The summed E-state index contributed by atoms with van der Waals surface area (Å²) in [4.78, 5) is 27.2. The van der Waals surface area contributed by atoms with Gasteiger partial charge in [0.15, 0.2) is 11.5 Å². The molecule has 1 heterocycles. The minimum absolute atomic E-state index is 0.219. The molecule has 158 valence electrons. The molecule has 2 amide bonds. The Morgan fingerprint density at radius 2 is 1.87 bits per heavy atom. The summed E-state index contributed by atoms with van der Waals surface area (Å²) in [6.07, 6.45) is 1.65. The van der Waals surface area contributed by atoms with Crippen molar-refractivity contribution in [1.82, 2.24) is 4.90 Å². The van der Waals surface area contributed by atoms with Gasteiger partial charge in [-0.1, -0.05) is 54.1 Å². The van der Waals surface area contributed by atoms with E-state index >= 15 is 0 Å². The summed E-state index contributed by atoms with van der Waals surface area (Å²) in [6, 6.07) is 17.2. The van der Waals surface area contributed by atoms with Crippen molar-refractivity contribution in [3.63, 3.8) is 0 Å². The lowest BCUT2D eigenvalue weighted by Crippen LogP contribution is -2.27. The Balaban J connectivity index is 1.62. The van der Waals surface area contributed by atoms with Crippen LogP contribution in [0.3, 0.4) is 0 Å². The monoisotopic (exact) mass is 453 g/mol. The second kappa shape index (κ2) is 9.04. The fourth-order valence-corrected chi connectivity index (χ4v) is 4.61. The van der Waals surface area contributed by atoms with Crippen molar-refractivity contribution in [2.45, 2.75) is 13.5 Å². The van der Waals surface area contributed by atoms with Crippen molar-refractivity contribution in [1.29, 1.82) is 0 Å². The predicted octanol–water partition coefficient (Wildman–Crippen LogP) is 6.14. The first kappa shape index (κ1) is 21.3. The molecule has 0 aliphatic carbocycles. The first-order chi connectivity index (χ1) is 15.0. The number of amides is 2. The molecule has 31 heavy (non-hydrogen) atoms. The number of nitrogens with zero attached hydrogens (tertiary/aromatic N) is 1. The summed E-state index contributed by atoms with van der Waals surface area (Å²) in [5, 5.41) is 2.17. The quantitative estimate of drug-likeness (QED) is 0.420. The second-order valence-corrected chi connectivity index (χ2v) is 8.27. The summed E-state index contributed by atoms with van der Waals surface area (Å²) in [5.74, 6) is 0.593. The minimum Gasteiger partial charge on any atom is -0.493 e. The number of rotatable bonds is 6. The van der Waals surface area contributed by atoms with Gasteiger partial charge in [-0.2, -0.15) is 0 Å². The van der Waals surface area contributed by atoms with E-state index in [1.165, 1.54) is 12.0 Å². The fraction of sp³-hybridized carbons (Fsp3) is 0.167. The van der Waals surface area contributed by atoms with E-state index in [-0.39, 0.29) is 17.7 Å². The summed E-state index contributed by atoms with van der Waals surface area (Å²) >= 11 is 7.25. The number of carbonyl (C=O) groups is 2. The van der Waals surface area contributed by atoms with Gasteiger partial charge in [-0.15, -0.1) is 0 Å². The molecule has 3 aromatic carbocycles. The molecule has 5 nitrogen and oxygen atoms in total. The number of hydrogen-bond acceptors (Lipinski definition) is 5. The van der Waals surface area contributed by atoms with Gasteiger partial charge in [-0.25, -0.2) is 0 Å². The zero-order chi connectivity index (χ0) is 22.0. The topological polar surface area (TPSA) is 55.8 Å². The Morgan fingerprint density at radius 1 is 1.10 bits per heavy atom. The highest BCUT2D eigenvalue weighted by Gasteiger charge is 2.35. The molecular weight excluding hydrogens is 434 g/mol. The molecule has 0 bridgehead atoms. The van der Waals surface area contributed by atoms with Crippen LogP contribution in [0.5, 0.6) is 11.5 Å². The van der Waals surface area contributed by atoms with Gasteiger partial charge in [0.2, 0.25) is 0 Å². The molecule has 0 N–H and O–H groups in total. The van der Waals surface area contributed by atoms with Gasteiger partial charge in [0.1, 0.15) is 0 Å². The van der Waals surface area contributed by atoms with Crippen molar-refractivity contribution in [2.24, 2.45) is 0 Å². The van der Waals surface area contributed by atoms with Crippen molar-refractivity contribution < 1.29 is 19.1 Å². The third-order valence-electron chi connectivity index (χ3n) is 4.92. The van der Waals surface area contributed by atoms with Crippen LogP contribution < -0.4 is 9.47 Å². The van der Waals surface area contributed by atoms with E-state index in [0.29, 0.717) is 33.6 Å². The second-order valence-electron chi connectivity index (χ2n) is 6.87. The summed E-state index contributed by atoms with van der Waals surface area (Å²) in [7, 11) is 1.52. The van der Waals surface area contributed by atoms with Crippen LogP contribution >= 0.6 is 23.4 Å². The average molecular weight is 454 g/mol. The van der Waals surface area contributed by atoms with Crippen molar-refractivity contribution in [2.75, 3.05) is 13.7 Å². The van der Waals surface area contributed by atoms with Gasteiger partial charge in [0, 0.05) is 0 Å². The fourth-order valence-electron chi connectivity index (χ4n) is 3.50. The first-order valence-electron chi connectivity index (χ1n) is 9.74. The highest BCUT2D eigenvalue weighted by Crippen LogP contribution is 2.39. The van der Waals surface area contributed by atoms with Crippen molar-refractivity contribution in [3.05, 3.63) is 75.7 Å². The Morgan fingerprint density at radius 3 is 2.65 bits per heavy atom. The largest absolute Gasteiger partial charge is 0.493 e. The van der Waals surface area contributed by atoms with Crippen LogP contribution in [0.1, 0.15) is 18.1 Å². The molecule has 1 aliphatic rings. The SMILES string of the molecule is CCOc1c(Cl)cc(/C=C2/SC(=O)N(Cc3cccc4ccccc34)C2=O)cc1OC. The number of carbonyl (C=O) groups excluding carboxylic acids is 2. The number of hydrogen-bond donors (Lipinski definition) is 0. The van der Waals surface area contributed by atoms with Crippen LogP contribution in [0.4, 0.5) is 4.79 Å². The molecule has 4 rings (SSSR count). The number of benzene rings is 3. The smallest absolute Gasteiger partial charge is 0.293 e. The molecule has 3 aromatic rings. The van der Waals surface area contributed by atoms with Crippen LogP contribution in [0.2, 0.25) is 5.02 Å². The van der Waals surface area contributed by atoms with Gasteiger partial charge in [-0.05, 0) is 58.8 Å². The van der Waals surface area contributed by atoms with Gasteiger partial charge in [0.25, 0.3) is 11.1 Å². The van der Waals surface area contributed by atoms with E-state index in [1.54, 1.807) is 18.2 Å². The van der Waals surface area contributed by atoms with E-state index in [2.05, 4.69) is 0 Å². The normalized spacial score (nSPS) is 15.2. The maximum atomic E-state index is 13.0. The Hall–Kier alpha value is -2.96. The summed E-state index contributed by atoms with van der Waals surface area (Å²) in [5.41, 5.74) is 1.58.